The Labute approximate surface area is 141 Å². The standard InChI is InChI=1S/C17H13F2N3O3/c18-17(19)24-13-5-3-11(4-6-13)9-21-16(23)14-8-15(25-22-14)12-2-1-7-20-10-12/h1-8,10,17H,9H2,(H,21,23). The fourth-order valence-electron chi connectivity index (χ4n) is 2.09. The summed E-state index contributed by atoms with van der Waals surface area (Å²) in [6.45, 7) is -2.66. The average molecular weight is 345 g/mol. The number of aromatic nitrogens is 2. The molecule has 3 rings (SSSR count). The number of halogens is 2. The maximum Gasteiger partial charge on any atom is 0.387 e. The van der Waals surface area contributed by atoms with E-state index in [0.717, 1.165) is 5.56 Å². The molecule has 0 saturated carbocycles. The number of alkyl halides is 2. The summed E-state index contributed by atoms with van der Waals surface area (Å²) in [6, 6.07) is 11.0. The molecule has 6 nitrogen and oxygen atoms in total. The number of amides is 1. The van der Waals surface area contributed by atoms with Crippen LogP contribution in [0.5, 0.6) is 5.75 Å². The monoisotopic (exact) mass is 345 g/mol. The number of nitrogens with zero attached hydrogens (tertiary/aromatic N) is 2. The molecule has 1 N–H and O–H groups in total. The summed E-state index contributed by atoms with van der Waals surface area (Å²) in [6.07, 6.45) is 3.23. The van der Waals surface area contributed by atoms with Crippen molar-refractivity contribution < 1.29 is 22.8 Å². The van der Waals surface area contributed by atoms with E-state index >= 15 is 0 Å². The van der Waals surface area contributed by atoms with Crippen LogP contribution < -0.4 is 10.1 Å². The van der Waals surface area contributed by atoms with Crippen molar-refractivity contribution in [3.8, 4) is 17.1 Å². The molecule has 0 unspecified atom stereocenters. The van der Waals surface area contributed by atoms with E-state index in [4.69, 9.17) is 4.52 Å². The van der Waals surface area contributed by atoms with E-state index in [1.54, 1.807) is 36.7 Å². The molecule has 0 saturated heterocycles. The Kier molecular flexibility index (Phi) is 4.98. The zero-order valence-electron chi connectivity index (χ0n) is 12.9. The first-order valence-corrected chi connectivity index (χ1v) is 7.31. The molecule has 0 bridgehead atoms. The van der Waals surface area contributed by atoms with Crippen molar-refractivity contribution in [3.05, 3.63) is 66.1 Å². The van der Waals surface area contributed by atoms with E-state index in [0.29, 0.717) is 11.3 Å². The van der Waals surface area contributed by atoms with Crippen LogP contribution in [0.2, 0.25) is 0 Å². The lowest BCUT2D eigenvalue weighted by atomic mass is 10.2. The van der Waals surface area contributed by atoms with Crippen LogP contribution in [0, 0.1) is 0 Å². The Bertz CT molecular complexity index is 836. The molecule has 0 aliphatic heterocycles. The molecule has 0 radical (unpaired) electrons. The van der Waals surface area contributed by atoms with Gasteiger partial charge in [-0.1, -0.05) is 17.3 Å². The van der Waals surface area contributed by atoms with Gasteiger partial charge < -0.3 is 14.6 Å². The normalized spacial score (nSPS) is 10.7. The number of pyridine rings is 1. The largest absolute Gasteiger partial charge is 0.435 e. The summed E-state index contributed by atoms with van der Waals surface area (Å²) in [4.78, 5) is 16.1. The van der Waals surface area contributed by atoms with Crippen LogP contribution in [-0.2, 0) is 6.54 Å². The summed E-state index contributed by atoms with van der Waals surface area (Å²) in [5, 5.41) is 6.41. The average Bonchev–Trinajstić information content (AvgIpc) is 3.11. The third kappa shape index (κ3) is 4.37. The Hall–Kier alpha value is -3.29. The van der Waals surface area contributed by atoms with E-state index in [1.807, 2.05) is 0 Å². The van der Waals surface area contributed by atoms with Gasteiger partial charge in [0.1, 0.15) is 5.75 Å². The van der Waals surface area contributed by atoms with Gasteiger partial charge in [-0.3, -0.25) is 9.78 Å². The molecule has 0 aliphatic rings. The number of carbonyl (C=O) groups excluding carboxylic acids is 1. The molecule has 3 aromatic rings. The molecule has 0 aliphatic carbocycles. The zero-order valence-corrected chi connectivity index (χ0v) is 12.9. The van der Waals surface area contributed by atoms with Gasteiger partial charge in [0.15, 0.2) is 11.5 Å². The van der Waals surface area contributed by atoms with Gasteiger partial charge in [-0.2, -0.15) is 8.78 Å². The summed E-state index contributed by atoms with van der Waals surface area (Å²) < 4.78 is 33.6. The van der Waals surface area contributed by atoms with Crippen LogP contribution in [-0.4, -0.2) is 22.7 Å². The quantitative estimate of drug-likeness (QED) is 0.742. The van der Waals surface area contributed by atoms with Gasteiger partial charge in [0.25, 0.3) is 5.91 Å². The van der Waals surface area contributed by atoms with Crippen molar-refractivity contribution in [2.45, 2.75) is 13.2 Å². The molecular formula is C17H13F2N3O3. The van der Waals surface area contributed by atoms with Gasteiger partial charge in [0.05, 0.1) is 0 Å². The number of carbonyl (C=O) groups is 1. The number of hydrogen-bond donors (Lipinski definition) is 1. The molecule has 2 aromatic heterocycles. The highest BCUT2D eigenvalue weighted by molar-refractivity contribution is 5.93. The first kappa shape index (κ1) is 16.6. The van der Waals surface area contributed by atoms with Gasteiger partial charge in [-0.15, -0.1) is 0 Å². The Morgan fingerprint density at radius 2 is 2.04 bits per heavy atom. The third-order valence-electron chi connectivity index (χ3n) is 3.29. The minimum atomic E-state index is -2.87. The Morgan fingerprint density at radius 1 is 1.24 bits per heavy atom. The van der Waals surface area contributed by atoms with Crippen molar-refractivity contribution in [3.63, 3.8) is 0 Å². The first-order valence-electron chi connectivity index (χ1n) is 7.31. The predicted octanol–water partition coefficient (Wildman–Crippen LogP) is 3.27. The van der Waals surface area contributed by atoms with Crippen molar-refractivity contribution in [1.29, 1.82) is 0 Å². The molecule has 1 aromatic carbocycles. The lowest BCUT2D eigenvalue weighted by Crippen LogP contribution is -2.23. The van der Waals surface area contributed by atoms with Crippen LogP contribution in [0.15, 0.2) is 59.4 Å². The summed E-state index contributed by atoms with van der Waals surface area (Å²) in [5.74, 6) is 0.0845. The second-order valence-electron chi connectivity index (χ2n) is 5.02. The van der Waals surface area contributed by atoms with Gasteiger partial charge in [-0.25, -0.2) is 0 Å². The van der Waals surface area contributed by atoms with Crippen LogP contribution in [0.3, 0.4) is 0 Å². The molecular weight excluding hydrogens is 332 g/mol. The molecule has 128 valence electrons. The topological polar surface area (TPSA) is 77.2 Å². The number of rotatable bonds is 6. The first-order chi connectivity index (χ1) is 12.1. The Balaban J connectivity index is 1.59. The minimum absolute atomic E-state index is 0.0580. The molecule has 1 amide bonds. The van der Waals surface area contributed by atoms with Crippen molar-refractivity contribution in [1.82, 2.24) is 15.5 Å². The second kappa shape index (κ2) is 7.52. The van der Waals surface area contributed by atoms with E-state index in [-0.39, 0.29) is 18.0 Å². The van der Waals surface area contributed by atoms with Crippen molar-refractivity contribution in [2.75, 3.05) is 0 Å². The number of benzene rings is 1. The van der Waals surface area contributed by atoms with Gasteiger partial charge >= 0.3 is 6.61 Å². The van der Waals surface area contributed by atoms with E-state index < -0.39 is 12.5 Å². The van der Waals surface area contributed by atoms with E-state index in [9.17, 15) is 13.6 Å². The van der Waals surface area contributed by atoms with Gasteiger partial charge in [0.2, 0.25) is 0 Å². The lowest BCUT2D eigenvalue weighted by molar-refractivity contribution is -0.0498. The van der Waals surface area contributed by atoms with Crippen molar-refractivity contribution in [2.24, 2.45) is 0 Å². The lowest BCUT2D eigenvalue weighted by Gasteiger charge is -2.06. The predicted molar refractivity (Wildman–Crippen MR) is 84.0 cm³/mol. The fourth-order valence-corrected chi connectivity index (χ4v) is 2.09. The Morgan fingerprint density at radius 3 is 2.72 bits per heavy atom. The summed E-state index contributed by atoms with van der Waals surface area (Å²) in [7, 11) is 0. The van der Waals surface area contributed by atoms with Crippen LogP contribution in [0.25, 0.3) is 11.3 Å². The molecule has 2 heterocycles. The maximum absolute atomic E-state index is 12.1. The molecule has 0 spiro atoms. The SMILES string of the molecule is O=C(NCc1ccc(OC(F)F)cc1)c1cc(-c2cccnc2)on1. The number of ether oxygens (including phenoxy) is 1. The van der Waals surface area contributed by atoms with Crippen LogP contribution in [0.1, 0.15) is 16.1 Å². The fraction of sp³-hybridized carbons (Fsp3) is 0.118. The van der Waals surface area contributed by atoms with Crippen LogP contribution >= 0.6 is 0 Å². The molecule has 0 fully saturated rings. The third-order valence-corrected chi connectivity index (χ3v) is 3.29. The second-order valence-corrected chi connectivity index (χ2v) is 5.02. The van der Waals surface area contributed by atoms with Crippen LogP contribution in [0.4, 0.5) is 8.78 Å². The summed E-state index contributed by atoms with van der Waals surface area (Å²) >= 11 is 0. The highest BCUT2D eigenvalue weighted by Crippen LogP contribution is 2.19. The maximum atomic E-state index is 12.1. The molecule has 0 atom stereocenters. The minimum Gasteiger partial charge on any atom is -0.435 e. The van der Waals surface area contributed by atoms with E-state index in [1.165, 1.54) is 18.2 Å². The number of hydrogen-bond acceptors (Lipinski definition) is 5. The smallest absolute Gasteiger partial charge is 0.387 e. The molecule has 8 heteroatoms. The summed E-state index contributed by atoms with van der Waals surface area (Å²) in [5.41, 5.74) is 1.58. The molecule has 25 heavy (non-hydrogen) atoms. The highest BCUT2D eigenvalue weighted by atomic mass is 19.3. The highest BCUT2D eigenvalue weighted by Gasteiger charge is 2.13. The van der Waals surface area contributed by atoms with Gasteiger partial charge in [-0.05, 0) is 29.8 Å². The zero-order chi connectivity index (χ0) is 17.6. The van der Waals surface area contributed by atoms with Gasteiger partial charge in [0, 0.05) is 30.6 Å². The van der Waals surface area contributed by atoms with Crippen molar-refractivity contribution >= 4 is 5.91 Å². The number of nitrogens with one attached hydrogen (secondary N) is 1. The van der Waals surface area contributed by atoms with E-state index in [2.05, 4.69) is 20.2 Å².